The van der Waals surface area contributed by atoms with Crippen LogP contribution >= 0.6 is 11.6 Å². The van der Waals surface area contributed by atoms with Gasteiger partial charge in [0.05, 0.1) is 13.7 Å². The molecule has 0 unspecified atom stereocenters. The highest BCUT2D eigenvalue weighted by atomic mass is 35.5. The van der Waals surface area contributed by atoms with Crippen LogP contribution in [0.5, 0.6) is 0 Å². The largest absolute Gasteiger partial charge is 0.464 e. The molecule has 2 heterocycles. The molecule has 0 spiro atoms. The van der Waals surface area contributed by atoms with Crippen molar-refractivity contribution in [2.24, 2.45) is 0 Å². The normalized spacial score (nSPS) is 10.8. The van der Waals surface area contributed by atoms with Crippen LogP contribution in [0, 0.1) is 0 Å². The number of hydrogen-bond acceptors (Lipinski definition) is 4. The number of esters is 1. The Kier molecular flexibility index (Phi) is 5.14. The molecule has 0 fully saturated rings. The number of methoxy groups -OCH3 is 1. The Morgan fingerprint density at radius 1 is 1.07 bits per heavy atom. The number of pyridine rings is 2. The molecule has 29 heavy (non-hydrogen) atoms. The summed E-state index contributed by atoms with van der Waals surface area (Å²) >= 11 is 6.23. The quantitative estimate of drug-likeness (QED) is 0.468. The first-order valence-corrected chi connectivity index (χ1v) is 9.36. The molecule has 0 bridgehead atoms. The molecule has 0 atom stereocenters. The molecule has 0 radical (unpaired) electrons. The highest BCUT2D eigenvalue weighted by Gasteiger charge is 2.24. The van der Waals surface area contributed by atoms with Crippen molar-refractivity contribution in [2.45, 2.75) is 6.54 Å². The van der Waals surface area contributed by atoms with Crippen LogP contribution in [-0.4, -0.2) is 22.6 Å². The minimum Gasteiger partial charge on any atom is -0.464 e. The van der Waals surface area contributed by atoms with Gasteiger partial charge in [0.15, 0.2) is 0 Å². The summed E-state index contributed by atoms with van der Waals surface area (Å²) < 4.78 is 6.52. The SMILES string of the molecule is COC(=O)c1c(-c2cccnc2)c2cc(Cl)ccc2c(=O)n1Cc1ccccc1. The van der Waals surface area contributed by atoms with Crippen LogP contribution in [0.3, 0.4) is 0 Å². The van der Waals surface area contributed by atoms with Crippen LogP contribution in [-0.2, 0) is 11.3 Å². The van der Waals surface area contributed by atoms with E-state index in [-0.39, 0.29) is 17.8 Å². The first-order valence-electron chi connectivity index (χ1n) is 8.99. The number of carbonyl (C=O) groups excluding carboxylic acids is 1. The first-order chi connectivity index (χ1) is 14.1. The molecular weight excluding hydrogens is 388 g/mol. The standard InChI is InChI=1S/C23H17ClN2O3/c1-29-23(28)21-20(16-8-5-11-25-13-16)19-12-17(24)9-10-18(19)22(27)26(21)14-15-6-3-2-4-7-15/h2-13H,14H2,1H3. The van der Waals surface area contributed by atoms with Gasteiger partial charge in [-0.2, -0.15) is 0 Å². The number of ether oxygens (including phenoxy) is 1. The van der Waals surface area contributed by atoms with Gasteiger partial charge in [0, 0.05) is 33.9 Å². The molecule has 6 heteroatoms. The molecule has 0 N–H and O–H groups in total. The van der Waals surface area contributed by atoms with Crippen LogP contribution < -0.4 is 5.56 Å². The zero-order valence-corrected chi connectivity index (χ0v) is 16.4. The second-order valence-corrected chi connectivity index (χ2v) is 6.96. The molecule has 5 nitrogen and oxygen atoms in total. The van der Waals surface area contributed by atoms with Gasteiger partial charge in [-0.15, -0.1) is 0 Å². The van der Waals surface area contributed by atoms with Crippen LogP contribution in [0.25, 0.3) is 21.9 Å². The number of benzene rings is 2. The molecule has 0 saturated heterocycles. The summed E-state index contributed by atoms with van der Waals surface area (Å²) in [5, 5.41) is 1.52. The Bertz CT molecular complexity index is 1250. The average Bonchev–Trinajstić information content (AvgIpc) is 2.76. The van der Waals surface area contributed by atoms with Gasteiger partial charge in [0.25, 0.3) is 5.56 Å². The number of hydrogen-bond donors (Lipinski definition) is 0. The van der Waals surface area contributed by atoms with Crippen LogP contribution in [0.15, 0.2) is 77.9 Å². The van der Waals surface area contributed by atoms with Crippen molar-refractivity contribution in [1.29, 1.82) is 0 Å². The lowest BCUT2D eigenvalue weighted by Gasteiger charge is -2.18. The Hall–Kier alpha value is -3.44. The van der Waals surface area contributed by atoms with Crippen molar-refractivity contribution in [2.75, 3.05) is 7.11 Å². The molecule has 0 saturated carbocycles. The van der Waals surface area contributed by atoms with Gasteiger partial charge >= 0.3 is 5.97 Å². The summed E-state index contributed by atoms with van der Waals surface area (Å²) in [7, 11) is 1.30. The molecule has 0 aliphatic heterocycles. The zero-order valence-electron chi connectivity index (χ0n) is 15.6. The second kappa shape index (κ2) is 7.89. The fourth-order valence-electron chi connectivity index (χ4n) is 3.45. The van der Waals surface area contributed by atoms with Gasteiger partial charge in [-0.05, 0) is 35.2 Å². The van der Waals surface area contributed by atoms with E-state index in [1.165, 1.54) is 11.7 Å². The predicted molar refractivity (Wildman–Crippen MR) is 113 cm³/mol. The lowest BCUT2D eigenvalue weighted by Crippen LogP contribution is -2.28. The van der Waals surface area contributed by atoms with Crippen molar-refractivity contribution in [1.82, 2.24) is 9.55 Å². The van der Waals surface area contributed by atoms with Crippen molar-refractivity contribution >= 4 is 28.3 Å². The van der Waals surface area contributed by atoms with Gasteiger partial charge in [-0.1, -0.05) is 48.0 Å². The lowest BCUT2D eigenvalue weighted by molar-refractivity contribution is 0.0588. The maximum absolute atomic E-state index is 13.4. The summed E-state index contributed by atoms with van der Waals surface area (Å²) in [6, 6.07) is 18.2. The zero-order chi connectivity index (χ0) is 20.4. The molecule has 0 aliphatic carbocycles. The lowest BCUT2D eigenvalue weighted by atomic mass is 9.97. The van der Waals surface area contributed by atoms with Crippen LogP contribution in [0.1, 0.15) is 16.1 Å². The van der Waals surface area contributed by atoms with Crippen molar-refractivity contribution in [3.8, 4) is 11.1 Å². The van der Waals surface area contributed by atoms with E-state index in [4.69, 9.17) is 16.3 Å². The van der Waals surface area contributed by atoms with E-state index < -0.39 is 5.97 Å². The average molecular weight is 405 g/mol. The maximum atomic E-state index is 13.4. The van der Waals surface area contributed by atoms with Gasteiger partial charge in [-0.25, -0.2) is 4.79 Å². The van der Waals surface area contributed by atoms with Crippen molar-refractivity contribution in [3.63, 3.8) is 0 Å². The fraction of sp³-hybridized carbons (Fsp3) is 0.0870. The van der Waals surface area contributed by atoms with Gasteiger partial charge < -0.3 is 4.74 Å². The maximum Gasteiger partial charge on any atom is 0.355 e. The molecule has 4 aromatic rings. The van der Waals surface area contributed by atoms with E-state index in [0.29, 0.717) is 26.9 Å². The van der Waals surface area contributed by atoms with E-state index >= 15 is 0 Å². The monoisotopic (exact) mass is 404 g/mol. The molecule has 2 aromatic carbocycles. The Morgan fingerprint density at radius 3 is 2.55 bits per heavy atom. The summed E-state index contributed by atoms with van der Waals surface area (Å²) in [5.74, 6) is -0.598. The van der Waals surface area contributed by atoms with E-state index in [1.807, 2.05) is 36.4 Å². The number of nitrogens with zero attached hydrogens (tertiary/aromatic N) is 2. The number of rotatable bonds is 4. The molecule has 144 valence electrons. The third kappa shape index (κ3) is 3.52. The first kappa shape index (κ1) is 18.9. The summed E-state index contributed by atoms with van der Waals surface area (Å²) in [4.78, 5) is 30.4. The van der Waals surface area contributed by atoms with E-state index in [2.05, 4.69) is 4.98 Å². The Morgan fingerprint density at radius 2 is 1.86 bits per heavy atom. The fourth-order valence-corrected chi connectivity index (χ4v) is 3.62. The third-order valence-corrected chi connectivity index (χ3v) is 4.98. The van der Waals surface area contributed by atoms with Gasteiger partial charge in [0.1, 0.15) is 5.69 Å². The van der Waals surface area contributed by atoms with E-state index in [0.717, 1.165) is 5.56 Å². The molecule has 4 rings (SSSR count). The highest BCUT2D eigenvalue weighted by Crippen LogP contribution is 2.32. The number of carbonyl (C=O) groups is 1. The summed E-state index contributed by atoms with van der Waals surface area (Å²) in [5.41, 5.74) is 2.04. The smallest absolute Gasteiger partial charge is 0.355 e. The van der Waals surface area contributed by atoms with Crippen LogP contribution in [0.4, 0.5) is 0 Å². The molecular formula is C23H17ClN2O3. The van der Waals surface area contributed by atoms with Crippen molar-refractivity contribution < 1.29 is 9.53 Å². The summed E-state index contributed by atoms with van der Waals surface area (Å²) in [6.07, 6.45) is 3.30. The molecule has 0 amide bonds. The molecule has 0 aliphatic rings. The Labute approximate surface area is 172 Å². The van der Waals surface area contributed by atoms with Gasteiger partial charge in [0.2, 0.25) is 0 Å². The Balaban J connectivity index is 2.14. The van der Waals surface area contributed by atoms with Gasteiger partial charge in [-0.3, -0.25) is 14.3 Å². The topological polar surface area (TPSA) is 61.2 Å². The molecule has 2 aromatic heterocycles. The minimum atomic E-state index is -0.598. The number of fused-ring (bicyclic) bond motifs is 1. The third-order valence-electron chi connectivity index (χ3n) is 4.75. The van der Waals surface area contributed by atoms with Crippen molar-refractivity contribution in [3.05, 3.63) is 99.7 Å². The highest BCUT2D eigenvalue weighted by molar-refractivity contribution is 6.31. The second-order valence-electron chi connectivity index (χ2n) is 6.52. The number of aromatic nitrogens is 2. The minimum absolute atomic E-state index is 0.170. The predicted octanol–water partition coefficient (Wildman–Crippen LogP) is 4.55. The van der Waals surface area contributed by atoms with E-state index in [9.17, 15) is 9.59 Å². The number of halogens is 1. The van der Waals surface area contributed by atoms with E-state index in [1.54, 1.807) is 36.7 Å². The van der Waals surface area contributed by atoms with Crippen LogP contribution in [0.2, 0.25) is 5.02 Å². The summed E-state index contributed by atoms with van der Waals surface area (Å²) in [6.45, 7) is 0.232.